The number of rotatable bonds is 7. The van der Waals surface area contributed by atoms with E-state index in [4.69, 9.17) is 14.5 Å². The Bertz CT molecular complexity index is 1010. The number of allylic oxidation sites excluding steroid dienone is 1. The van der Waals surface area contributed by atoms with E-state index < -0.39 is 17.6 Å². The summed E-state index contributed by atoms with van der Waals surface area (Å²) in [4.78, 5) is 32.7. The van der Waals surface area contributed by atoms with E-state index in [1.165, 1.54) is 11.8 Å². The fourth-order valence-electron chi connectivity index (χ4n) is 3.66. The number of methoxy groups -OCH3 is 1. The minimum Gasteiger partial charge on any atom is -0.497 e. The normalized spacial score (nSPS) is 18.9. The molecule has 0 aromatic heterocycles. The Morgan fingerprint density at radius 1 is 1.24 bits per heavy atom. The lowest BCUT2D eigenvalue weighted by Crippen LogP contribution is -2.40. The van der Waals surface area contributed by atoms with Gasteiger partial charge in [-0.1, -0.05) is 30.8 Å². The smallest absolute Gasteiger partial charge is 0.338 e. The number of amides is 1. The van der Waals surface area contributed by atoms with Crippen LogP contribution < -0.4 is 10.1 Å². The lowest BCUT2D eigenvalue weighted by molar-refractivity contribution is -0.150. The van der Waals surface area contributed by atoms with E-state index in [1.54, 1.807) is 7.11 Å². The standard InChI is InChI=1S/C25H33N3O4S/c1-8-15(2)26-20(29)13-18-14-33-24-27-16(3)21(23(30)32-25(4,5)6)22(28(18)24)17-9-11-19(31-7)12-10-17/h9-12,14-15,22H,8,13H2,1-7H3,(H,26,29). The zero-order valence-corrected chi connectivity index (χ0v) is 21.2. The van der Waals surface area contributed by atoms with Gasteiger partial charge in [-0.2, -0.15) is 0 Å². The topological polar surface area (TPSA) is 80.2 Å². The lowest BCUT2D eigenvalue weighted by Gasteiger charge is -2.37. The molecule has 0 bridgehead atoms. The van der Waals surface area contributed by atoms with Crippen LogP contribution in [0, 0.1) is 0 Å². The van der Waals surface area contributed by atoms with Gasteiger partial charge >= 0.3 is 5.97 Å². The quantitative estimate of drug-likeness (QED) is 0.569. The first-order chi connectivity index (χ1) is 15.5. The van der Waals surface area contributed by atoms with Crippen LogP contribution in [0.5, 0.6) is 5.75 Å². The maximum atomic E-state index is 13.3. The number of esters is 1. The number of carbonyl (C=O) groups is 2. The second-order valence-corrected chi connectivity index (χ2v) is 10.1. The van der Waals surface area contributed by atoms with Gasteiger partial charge < -0.3 is 19.7 Å². The third kappa shape index (κ3) is 5.79. The molecule has 8 heteroatoms. The summed E-state index contributed by atoms with van der Waals surface area (Å²) in [7, 11) is 1.62. The number of aliphatic imine (C=N–C) groups is 1. The highest BCUT2D eigenvalue weighted by atomic mass is 32.2. The van der Waals surface area contributed by atoms with Crippen molar-refractivity contribution in [3.63, 3.8) is 0 Å². The summed E-state index contributed by atoms with van der Waals surface area (Å²) in [6.07, 6.45) is 1.05. The van der Waals surface area contributed by atoms with Crippen LogP contribution in [0.3, 0.4) is 0 Å². The molecule has 0 spiro atoms. The van der Waals surface area contributed by atoms with Gasteiger partial charge in [0, 0.05) is 11.7 Å². The van der Waals surface area contributed by atoms with E-state index in [-0.39, 0.29) is 18.4 Å². The molecule has 0 saturated carbocycles. The van der Waals surface area contributed by atoms with Crippen molar-refractivity contribution in [1.29, 1.82) is 0 Å². The maximum Gasteiger partial charge on any atom is 0.338 e. The molecule has 1 aromatic rings. The van der Waals surface area contributed by atoms with Crippen LogP contribution in [0.2, 0.25) is 0 Å². The minimum atomic E-state index is -0.645. The number of fused-ring (bicyclic) bond motifs is 1. The highest BCUT2D eigenvalue weighted by molar-refractivity contribution is 8.16. The largest absolute Gasteiger partial charge is 0.497 e. The molecule has 0 aliphatic carbocycles. The van der Waals surface area contributed by atoms with Crippen molar-refractivity contribution in [3.8, 4) is 5.75 Å². The van der Waals surface area contributed by atoms with E-state index in [0.29, 0.717) is 11.3 Å². The summed E-state index contributed by atoms with van der Waals surface area (Å²) in [6, 6.07) is 7.23. The predicted octanol–water partition coefficient (Wildman–Crippen LogP) is 4.92. The third-order valence-corrected chi connectivity index (χ3v) is 6.30. The first-order valence-corrected chi connectivity index (χ1v) is 12.0. The van der Waals surface area contributed by atoms with Gasteiger partial charge in [0.25, 0.3) is 0 Å². The average Bonchev–Trinajstić information content (AvgIpc) is 3.13. The number of amidine groups is 1. The Labute approximate surface area is 200 Å². The van der Waals surface area contributed by atoms with Crippen molar-refractivity contribution in [2.24, 2.45) is 4.99 Å². The van der Waals surface area contributed by atoms with Gasteiger partial charge in [-0.3, -0.25) is 4.79 Å². The van der Waals surface area contributed by atoms with Gasteiger partial charge in [0.05, 0.1) is 30.8 Å². The molecule has 0 saturated heterocycles. The molecule has 2 aliphatic rings. The van der Waals surface area contributed by atoms with Crippen LogP contribution in [0.15, 0.2) is 51.6 Å². The summed E-state index contributed by atoms with van der Waals surface area (Å²) < 4.78 is 11.1. The second kappa shape index (κ2) is 10.0. The van der Waals surface area contributed by atoms with Crippen molar-refractivity contribution < 1.29 is 19.1 Å². The van der Waals surface area contributed by atoms with Crippen molar-refractivity contribution in [2.75, 3.05) is 7.11 Å². The molecule has 0 fully saturated rings. The van der Waals surface area contributed by atoms with E-state index in [2.05, 4.69) is 5.32 Å². The summed E-state index contributed by atoms with van der Waals surface area (Å²) in [5.41, 5.74) is 2.12. The van der Waals surface area contributed by atoms with Crippen molar-refractivity contribution in [2.45, 2.75) is 72.1 Å². The zero-order valence-electron chi connectivity index (χ0n) is 20.4. The fourth-order valence-corrected chi connectivity index (χ4v) is 4.62. The monoisotopic (exact) mass is 471 g/mol. The van der Waals surface area contributed by atoms with Gasteiger partial charge in [0.2, 0.25) is 5.91 Å². The molecule has 2 heterocycles. The van der Waals surface area contributed by atoms with Crippen LogP contribution in [0.1, 0.15) is 66.0 Å². The van der Waals surface area contributed by atoms with Crippen LogP contribution in [-0.2, 0) is 14.3 Å². The zero-order chi connectivity index (χ0) is 24.3. The van der Waals surface area contributed by atoms with Gasteiger partial charge in [-0.25, -0.2) is 9.79 Å². The molecule has 33 heavy (non-hydrogen) atoms. The van der Waals surface area contributed by atoms with Crippen molar-refractivity contribution >= 4 is 28.8 Å². The number of carbonyl (C=O) groups excluding carboxylic acids is 2. The summed E-state index contributed by atoms with van der Waals surface area (Å²) >= 11 is 1.46. The van der Waals surface area contributed by atoms with Gasteiger partial charge in [0.15, 0.2) is 5.17 Å². The van der Waals surface area contributed by atoms with E-state index in [1.807, 2.05) is 76.1 Å². The molecule has 7 nitrogen and oxygen atoms in total. The molecular weight excluding hydrogens is 438 g/mol. The van der Waals surface area contributed by atoms with E-state index in [9.17, 15) is 9.59 Å². The molecule has 1 aromatic carbocycles. The number of ether oxygens (including phenoxy) is 2. The molecule has 0 radical (unpaired) electrons. The first-order valence-electron chi connectivity index (χ1n) is 11.1. The Balaban J connectivity index is 2.02. The van der Waals surface area contributed by atoms with Gasteiger partial charge in [-0.15, -0.1) is 0 Å². The van der Waals surface area contributed by atoms with Crippen molar-refractivity contribution in [3.05, 3.63) is 52.2 Å². The molecule has 2 aliphatic heterocycles. The highest BCUT2D eigenvalue weighted by Gasteiger charge is 2.41. The van der Waals surface area contributed by atoms with E-state index >= 15 is 0 Å². The minimum absolute atomic E-state index is 0.0592. The van der Waals surface area contributed by atoms with Gasteiger partial charge in [-0.05, 0) is 64.1 Å². The number of nitrogens with one attached hydrogen (secondary N) is 1. The average molecular weight is 472 g/mol. The lowest BCUT2D eigenvalue weighted by atomic mass is 9.93. The van der Waals surface area contributed by atoms with Crippen LogP contribution >= 0.6 is 11.8 Å². The summed E-state index contributed by atoms with van der Waals surface area (Å²) in [6.45, 7) is 11.4. The first kappa shape index (κ1) is 24.9. The number of thioether (sulfide) groups is 1. The Kier molecular flexibility index (Phi) is 7.57. The number of hydrogen-bond donors (Lipinski definition) is 1. The number of hydrogen-bond acceptors (Lipinski definition) is 7. The van der Waals surface area contributed by atoms with Crippen LogP contribution in [0.25, 0.3) is 0 Å². The number of benzene rings is 1. The predicted molar refractivity (Wildman–Crippen MR) is 132 cm³/mol. The van der Waals surface area contributed by atoms with Crippen LogP contribution in [-0.4, -0.2) is 40.7 Å². The molecular formula is C25H33N3O4S. The van der Waals surface area contributed by atoms with E-state index in [0.717, 1.165) is 28.6 Å². The third-order valence-electron chi connectivity index (χ3n) is 5.41. The SMILES string of the molecule is CCC(C)NC(=O)CC1=CSC2=NC(C)=C(C(=O)OC(C)(C)C)C(c3ccc(OC)cc3)N12. The molecule has 1 amide bonds. The molecule has 1 N–H and O–H groups in total. The Morgan fingerprint density at radius 2 is 1.91 bits per heavy atom. The van der Waals surface area contributed by atoms with Gasteiger partial charge in [0.1, 0.15) is 11.4 Å². The molecule has 2 atom stereocenters. The second-order valence-electron chi connectivity index (χ2n) is 9.22. The Morgan fingerprint density at radius 3 is 2.48 bits per heavy atom. The van der Waals surface area contributed by atoms with Crippen LogP contribution in [0.4, 0.5) is 0 Å². The molecule has 3 rings (SSSR count). The Hall–Kier alpha value is -2.74. The summed E-state index contributed by atoms with van der Waals surface area (Å²) in [5, 5.41) is 5.70. The molecule has 2 unspecified atom stereocenters. The highest BCUT2D eigenvalue weighted by Crippen LogP contribution is 2.45. The number of nitrogens with zero attached hydrogens (tertiary/aromatic N) is 2. The molecule has 178 valence electrons. The fraction of sp³-hybridized carbons (Fsp3) is 0.480. The summed E-state index contributed by atoms with van der Waals surface area (Å²) in [5.74, 6) is 0.252. The maximum absolute atomic E-state index is 13.3. The van der Waals surface area contributed by atoms with Crippen molar-refractivity contribution in [1.82, 2.24) is 10.2 Å².